The fourth-order valence-electron chi connectivity index (χ4n) is 2.48. The largest absolute Gasteiger partial charge is 0.465 e. The molecule has 128 valence electrons. The summed E-state index contributed by atoms with van der Waals surface area (Å²) in [5.74, 6) is -1.29. The Morgan fingerprint density at radius 3 is 2.56 bits per heavy atom. The van der Waals surface area contributed by atoms with E-state index in [1.54, 1.807) is 12.1 Å². The van der Waals surface area contributed by atoms with Crippen LogP contribution >= 0.6 is 0 Å². The number of aromatic nitrogens is 2. The molecule has 0 bridgehead atoms. The average Bonchev–Trinajstić information content (AvgIpc) is 2.59. The van der Waals surface area contributed by atoms with Gasteiger partial charge in [-0.2, -0.15) is 0 Å². The Morgan fingerprint density at radius 2 is 1.88 bits per heavy atom. The number of methoxy groups -OCH3 is 1. The monoisotopic (exact) mass is 360 g/mol. The van der Waals surface area contributed by atoms with Crippen molar-refractivity contribution in [2.75, 3.05) is 13.4 Å². The summed E-state index contributed by atoms with van der Waals surface area (Å²) in [6.45, 7) is 0. The minimum absolute atomic E-state index is 0.0105. The van der Waals surface area contributed by atoms with Crippen molar-refractivity contribution in [1.29, 1.82) is 0 Å². The van der Waals surface area contributed by atoms with Crippen molar-refractivity contribution in [1.82, 2.24) is 9.97 Å². The fourth-order valence-corrected chi connectivity index (χ4v) is 3.37. The van der Waals surface area contributed by atoms with E-state index in [2.05, 4.69) is 9.97 Å². The second-order valence-electron chi connectivity index (χ2n) is 5.34. The van der Waals surface area contributed by atoms with Crippen LogP contribution in [0.3, 0.4) is 0 Å². The number of ether oxygens (including phenoxy) is 1. The van der Waals surface area contributed by atoms with Gasteiger partial charge < -0.3 is 4.74 Å². The highest BCUT2D eigenvalue weighted by atomic mass is 32.2. The Morgan fingerprint density at radius 1 is 1.16 bits per heavy atom. The third kappa shape index (κ3) is 3.20. The number of benzene rings is 1. The van der Waals surface area contributed by atoms with Crippen molar-refractivity contribution in [3.63, 3.8) is 0 Å². The predicted molar refractivity (Wildman–Crippen MR) is 89.4 cm³/mol. The van der Waals surface area contributed by atoms with Gasteiger partial charge in [-0.1, -0.05) is 18.2 Å². The SMILES string of the molecule is COC(=O)c1cc2ncc(F)cc2nc1-c1ccccc1S(C)(=O)=O. The summed E-state index contributed by atoms with van der Waals surface area (Å²) in [5, 5.41) is 0. The van der Waals surface area contributed by atoms with Gasteiger partial charge in [-0.3, -0.25) is 4.98 Å². The Hall–Kier alpha value is -2.87. The van der Waals surface area contributed by atoms with E-state index in [1.807, 2.05) is 0 Å². The Bertz CT molecular complexity index is 1100. The van der Waals surface area contributed by atoms with Crippen molar-refractivity contribution < 1.29 is 22.3 Å². The van der Waals surface area contributed by atoms with Crippen LogP contribution in [0.15, 0.2) is 47.5 Å². The molecule has 3 rings (SSSR count). The van der Waals surface area contributed by atoms with E-state index in [1.165, 1.54) is 25.3 Å². The molecule has 2 aromatic heterocycles. The number of nitrogens with zero attached hydrogens (tertiary/aromatic N) is 2. The number of sulfone groups is 1. The van der Waals surface area contributed by atoms with Gasteiger partial charge in [0.2, 0.25) is 0 Å². The molecule has 6 nitrogen and oxygen atoms in total. The molecule has 0 aliphatic heterocycles. The molecule has 25 heavy (non-hydrogen) atoms. The molecule has 8 heteroatoms. The lowest BCUT2D eigenvalue weighted by atomic mass is 10.0. The minimum atomic E-state index is -3.57. The molecule has 0 radical (unpaired) electrons. The zero-order valence-corrected chi connectivity index (χ0v) is 14.2. The molecular formula is C17H13FN2O4S. The van der Waals surface area contributed by atoms with Gasteiger partial charge in [-0.15, -0.1) is 0 Å². The van der Waals surface area contributed by atoms with Crippen LogP contribution in [0.4, 0.5) is 4.39 Å². The third-order valence-corrected chi connectivity index (χ3v) is 4.73. The molecule has 0 aliphatic rings. The number of rotatable bonds is 3. The van der Waals surface area contributed by atoms with Crippen molar-refractivity contribution in [3.05, 3.63) is 54.0 Å². The summed E-state index contributed by atoms with van der Waals surface area (Å²) in [4.78, 5) is 20.4. The van der Waals surface area contributed by atoms with Crippen LogP contribution < -0.4 is 0 Å². The van der Waals surface area contributed by atoms with Gasteiger partial charge in [0.15, 0.2) is 9.84 Å². The molecule has 1 aromatic carbocycles. The molecule has 0 aliphatic carbocycles. The van der Waals surface area contributed by atoms with Gasteiger partial charge >= 0.3 is 5.97 Å². The summed E-state index contributed by atoms with van der Waals surface area (Å²) in [7, 11) is -2.37. The van der Waals surface area contributed by atoms with E-state index in [0.717, 1.165) is 18.5 Å². The molecular weight excluding hydrogens is 347 g/mol. The van der Waals surface area contributed by atoms with E-state index < -0.39 is 21.6 Å². The quantitative estimate of drug-likeness (QED) is 0.668. The number of carbonyl (C=O) groups is 1. The first-order valence-corrected chi connectivity index (χ1v) is 9.04. The third-order valence-electron chi connectivity index (χ3n) is 3.58. The number of esters is 1. The molecule has 0 fully saturated rings. The molecule has 0 spiro atoms. The van der Waals surface area contributed by atoms with Gasteiger partial charge in [0.05, 0.1) is 40.5 Å². The lowest BCUT2D eigenvalue weighted by Crippen LogP contribution is -2.08. The van der Waals surface area contributed by atoms with Crippen molar-refractivity contribution >= 4 is 26.8 Å². The van der Waals surface area contributed by atoms with E-state index >= 15 is 0 Å². The summed E-state index contributed by atoms with van der Waals surface area (Å²) in [6, 6.07) is 8.71. The van der Waals surface area contributed by atoms with Crippen molar-refractivity contribution in [3.8, 4) is 11.3 Å². The molecule has 0 N–H and O–H groups in total. The van der Waals surface area contributed by atoms with Gasteiger partial charge in [0, 0.05) is 17.9 Å². The van der Waals surface area contributed by atoms with E-state index in [0.29, 0.717) is 5.52 Å². The molecule has 3 aromatic rings. The van der Waals surface area contributed by atoms with Gasteiger partial charge in [-0.05, 0) is 12.1 Å². The van der Waals surface area contributed by atoms with E-state index in [-0.39, 0.29) is 27.2 Å². The molecule has 0 saturated heterocycles. The van der Waals surface area contributed by atoms with E-state index in [9.17, 15) is 17.6 Å². The predicted octanol–water partition coefficient (Wildman–Crippen LogP) is 2.63. The lowest BCUT2D eigenvalue weighted by Gasteiger charge is -2.12. The number of carbonyl (C=O) groups excluding carboxylic acids is 1. The van der Waals surface area contributed by atoms with Crippen LogP contribution in [0.25, 0.3) is 22.3 Å². The first-order valence-electron chi connectivity index (χ1n) is 7.15. The Labute approximate surface area is 143 Å². The highest BCUT2D eigenvalue weighted by molar-refractivity contribution is 7.90. The summed E-state index contributed by atoms with van der Waals surface area (Å²) < 4.78 is 42.4. The number of hydrogen-bond acceptors (Lipinski definition) is 6. The highest BCUT2D eigenvalue weighted by Gasteiger charge is 2.22. The number of halogens is 1. The second kappa shape index (κ2) is 6.21. The van der Waals surface area contributed by atoms with Crippen LogP contribution in [0.5, 0.6) is 0 Å². The summed E-state index contributed by atoms with van der Waals surface area (Å²) in [6.07, 6.45) is 2.07. The van der Waals surface area contributed by atoms with Crippen LogP contribution in [0, 0.1) is 5.82 Å². The van der Waals surface area contributed by atoms with E-state index in [4.69, 9.17) is 4.74 Å². The lowest BCUT2D eigenvalue weighted by molar-refractivity contribution is 0.0601. The number of fused-ring (bicyclic) bond motifs is 1. The normalized spacial score (nSPS) is 11.5. The summed E-state index contributed by atoms with van der Waals surface area (Å²) >= 11 is 0. The maximum absolute atomic E-state index is 13.5. The van der Waals surface area contributed by atoms with Gasteiger partial charge in [-0.25, -0.2) is 22.6 Å². The van der Waals surface area contributed by atoms with Crippen LogP contribution in [0.2, 0.25) is 0 Å². The minimum Gasteiger partial charge on any atom is -0.465 e. The van der Waals surface area contributed by atoms with Crippen LogP contribution in [-0.2, 0) is 14.6 Å². The molecule has 0 unspecified atom stereocenters. The van der Waals surface area contributed by atoms with Crippen molar-refractivity contribution in [2.24, 2.45) is 0 Å². The van der Waals surface area contributed by atoms with Gasteiger partial charge in [0.1, 0.15) is 5.82 Å². The van der Waals surface area contributed by atoms with Crippen LogP contribution in [0.1, 0.15) is 10.4 Å². The molecule has 0 saturated carbocycles. The average molecular weight is 360 g/mol. The maximum atomic E-state index is 13.5. The fraction of sp³-hybridized carbons (Fsp3) is 0.118. The summed E-state index contributed by atoms with van der Waals surface area (Å²) in [5.41, 5.74) is 0.864. The highest BCUT2D eigenvalue weighted by Crippen LogP contribution is 2.31. The Balaban J connectivity index is 2.41. The second-order valence-corrected chi connectivity index (χ2v) is 7.32. The van der Waals surface area contributed by atoms with Crippen molar-refractivity contribution in [2.45, 2.75) is 4.90 Å². The Kier molecular flexibility index (Phi) is 4.22. The number of hydrogen-bond donors (Lipinski definition) is 0. The smallest absolute Gasteiger partial charge is 0.340 e. The maximum Gasteiger partial charge on any atom is 0.340 e. The molecule has 0 atom stereocenters. The molecule has 2 heterocycles. The standard InChI is InChI=1S/C17H13FN2O4S/c1-24-17(21)12-8-13-14(7-10(18)9-19-13)20-16(12)11-5-3-4-6-15(11)25(2,22)23/h3-9H,1-2H3. The molecule has 0 amide bonds. The number of pyridine rings is 2. The first-order chi connectivity index (χ1) is 11.8. The van der Waals surface area contributed by atoms with Gasteiger partial charge in [0.25, 0.3) is 0 Å². The topological polar surface area (TPSA) is 86.2 Å². The zero-order chi connectivity index (χ0) is 18.2. The first kappa shape index (κ1) is 17.0. The van der Waals surface area contributed by atoms with Crippen LogP contribution in [-0.4, -0.2) is 37.7 Å². The zero-order valence-electron chi connectivity index (χ0n) is 13.4.